The summed E-state index contributed by atoms with van der Waals surface area (Å²) in [4.78, 5) is 16.0. The predicted molar refractivity (Wildman–Crippen MR) is 74.0 cm³/mol. The number of aromatic hydroxyl groups is 2. The van der Waals surface area contributed by atoms with Gasteiger partial charge in [-0.2, -0.15) is 6.07 Å². The summed E-state index contributed by atoms with van der Waals surface area (Å²) in [5.74, 6) is -2.01. The zero-order valence-electron chi connectivity index (χ0n) is 11.5. The molecule has 107 valence electrons. The molecule has 0 saturated heterocycles. The fourth-order valence-electron chi connectivity index (χ4n) is 1.79. The van der Waals surface area contributed by atoms with E-state index >= 15 is 0 Å². The summed E-state index contributed by atoms with van der Waals surface area (Å²) in [5, 5.41) is 38.4. The molecule has 0 aliphatic rings. The number of rotatable bonds is 2. The van der Waals surface area contributed by atoms with Crippen molar-refractivity contribution < 1.29 is 53.1 Å². The Kier molecular flexibility index (Phi) is 5.62. The number of aromatic nitrogens is 2. The van der Waals surface area contributed by atoms with E-state index in [1.54, 1.807) is 6.92 Å². The molecule has 2 rings (SSSR count). The van der Waals surface area contributed by atoms with Crippen molar-refractivity contribution >= 4 is 21.2 Å². The van der Waals surface area contributed by atoms with E-state index in [4.69, 9.17) is 15.7 Å². The van der Waals surface area contributed by atoms with Crippen LogP contribution in [0.4, 0.5) is 0 Å². The minimum absolute atomic E-state index is 0. The molecular formula is C12H9B2N2O5Y-. The Morgan fingerprint density at radius 1 is 1.36 bits per heavy atom. The van der Waals surface area contributed by atoms with E-state index in [1.807, 2.05) is 0 Å². The van der Waals surface area contributed by atoms with Crippen LogP contribution in [0, 0.1) is 13.0 Å². The van der Waals surface area contributed by atoms with Crippen LogP contribution < -0.4 is 11.0 Å². The standard InChI is InChI=1S/C12H9B2N2O5.Y/c1-5-2-3-6(15-4-5)16-10(18)8(13)7(12(14,20)21)9(17)11(16)19;/h3-4,17-18,20-21H,1H3;/q-1;. The van der Waals surface area contributed by atoms with E-state index in [0.29, 0.717) is 10.1 Å². The smallest absolute Gasteiger partial charge is 0.290 e. The molecule has 0 aromatic carbocycles. The molecule has 2 aromatic heterocycles. The van der Waals surface area contributed by atoms with Gasteiger partial charge in [-0.25, -0.2) is 0 Å². The minimum Gasteiger partial charge on any atom is -0.503 e. The first kappa shape index (κ1) is 18.9. The zero-order valence-corrected chi connectivity index (χ0v) is 14.3. The van der Waals surface area contributed by atoms with Crippen LogP contribution in [0.5, 0.6) is 11.6 Å². The van der Waals surface area contributed by atoms with Crippen LogP contribution in [0.3, 0.4) is 0 Å². The summed E-state index contributed by atoms with van der Waals surface area (Å²) < 4.78 is 0.593. The minimum atomic E-state index is -3.09. The Bertz CT molecular complexity index is 756. The van der Waals surface area contributed by atoms with Gasteiger partial charge in [-0.05, 0) is 5.46 Å². The van der Waals surface area contributed by atoms with Gasteiger partial charge in [-0.3, -0.25) is 9.36 Å². The molecule has 0 amide bonds. The molecule has 4 N–H and O–H groups in total. The second kappa shape index (κ2) is 6.54. The van der Waals surface area contributed by atoms with Crippen molar-refractivity contribution in [3.8, 4) is 17.4 Å². The van der Waals surface area contributed by atoms with Crippen LogP contribution in [-0.4, -0.2) is 45.7 Å². The molecule has 2 aromatic rings. The average Bonchev–Trinajstić information content (AvgIpc) is 2.37. The van der Waals surface area contributed by atoms with Gasteiger partial charge < -0.3 is 25.4 Å². The summed E-state index contributed by atoms with van der Waals surface area (Å²) in [6, 6.07) is 4.05. The quantitative estimate of drug-likeness (QED) is 0.271. The molecule has 10 heteroatoms. The molecule has 0 fully saturated rings. The number of hydrogen-bond donors (Lipinski definition) is 4. The van der Waals surface area contributed by atoms with Crippen LogP contribution >= 0.6 is 0 Å². The number of pyridine rings is 2. The molecule has 0 spiro atoms. The van der Waals surface area contributed by atoms with Crippen molar-refractivity contribution in [2.24, 2.45) is 0 Å². The molecule has 0 atom stereocenters. The number of aliphatic hydroxyl groups is 2. The summed E-state index contributed by atoms with van der Waals surface area (Å²) in [5.41, 5.74) is -5.12. The first-order chi connectivity index (χ1) is 9.64. The zero-order chi connectivity index (χ0) is 15.9. The van der Waals surface area contributed by atoms with Crippen LogP contribution in [0.15, 0.2) is 17.1 Å². The molecule has 7 nitrogen and oxygen atoms in total. The maximum Gasteiger partial charge on any atom is 0.290 e. The van der Waals surface area contributed by atoms with Crippen LogP contribution in [0.25, 0.3) is 5.82 Å². The van der Waals surface area contributed by atoms with Crippen molar-refractivity contribution in [1.29, 1.82) is 0 Å². The van der Waals surface area contributed by atoms with Crippen LogP contribution in [-0.2, 0) is 38.4 Å². The Balaban J connectivity index is 0.00000242. The molecule has 5 radical (unpaired) electrons. The van der Waals surface area contributed by atoms with Gasteiger partial charge in [0.05, 0.1) is 0 Å². The van der Waals surface area contributed by atoms with Gasteiger partial charge in [-0.1, -0.05) is 13.1 Å². The topological polar surface area (TPSA) is 116 Å². The predicted octanol–water partition coefficient (Wildman–Crippen LogP) is -2.19. The Morgan fingerprint density at radius 2 is 1.95 bits per heavy atom. The second-order valence-corrected chi connectivity index (χ2v) is 4.42. The van der Waals surface area contributed by atoms with Gasteiger partial charge in [0.2, 0.25) is 0 Å². The Labute approximate surface area is 153 Å². The Hall–Kier alpha value is -1.15. The van der Waals surface area contributed by atoms with Gasteiger partial charge in [0.1, 0.15) is 13.5 Å². The van der Waals surface area contributed by atoms with E-state index in [9.17, 15) is 25.2 Å². The SMILES string of the molecule is [B]c1c(C([B])(O)O)c(O)c(=O)n(-c2c[c-]c(C)cn2)c1O.[Y]. The van der Waals surface area contributed by atoms with Gasteiger partial charge in [0.15, 0.2) is 19.5 Å². The van der Waals surface area contributed by atoms with Gasteiger partial charge in [0, 0.05) is 44.1 Å². The summed E-state index contributed by atoms with van der Waals surface area (Å²) in [6.45, 7) is 1.72. The van der Waals surface area contributed by atoms with Crippen molar-refractivity contribution in [3.63, 3.8) is 0 Å². The molecule has 0 bridgehead atoms. The third kappa shape index (κ3) is 3.27. The molecule has 0 saturated carbocycles. The number of aryl methyl sites for hydroxylation is 1. The summed E-state index contributed by atoms with van der Waals surface area (Å²) in [6.07, 6.45) is 1.38. The van der Waals surface area contributed by atoms with Gasteiger partial charge in [0.25, 0.3) is 5.56 Å². The monoisotopic (exact) mass is 372 g/mol. The van der Waals surface area contributed by atoms with Crippen molar-refractivity contribution in [2.75, 3.05) is 0 Å². The molecule has 22 heavy (non-hydrogen) atoms. The number of hydrogen-bond acceptors (Lipinski definition) is 6. The van der Waals surface area contributed by atoms with E-state index in [1.165, 1.54) is 12.3 Å². The van der Waals surface area contributed by atoms with Crippen molar-refractivity contribution in [2.45, 2.75) is 12.6 Å². The molecule has 0 aliphatic heterocycles. The third-order valence-corrected chi connectivity index (χ3v) is 2.78. The first-order valence-electron chi connectivity index (χ1n) is 5.69. The summed E-state index contributed by atoms with van der Waals surface area (Å²) >= 11 is 0. The second-order valence-electron chi connectivity index (χ2n) is 4.42. The average molecular weight is 372 g/mol. The summed E-state index contributed by atoms with van der Waals surface area (Å²) in [7, 11) is 10.5. The van der Waals surface area contributed by atoms with Crippen LogP contribution in [0.1, 0.15) is 11.1 Å². The van der Waals surface area contributed by atoms with E-state index in [2.05, 4.69) is 11.1 Å². The third-order valence-electron chi connectivity index (χ3n) is 2.78. The number of nitrogens with zero attached hydrogens (tertiary/aromatic N) is 2. The Morgan fingerprint density at radius 3 is 2.41 bits per heavy atom. The first-order valence-corrected chi connectivity index (χ1v) is 5.69. The van der Waals surface area contributed by atoms with Crippen molar-refractivity contribution in [3.05, 3.63) is 39.8 Å². The maximum atomic E-state index is 12.1. The fraction of sp³-hybridized carbons (Fsp3) is 0.167. The van der Waals surface area contributed by atoms with Crippen molar-refractivity contribution in [1.82, 2.24) is 9.55 Å². The van der Waals surface area contributed by atoms with E-state index < -0.39 is 33.9 Å². The van der Waals surface area contributed by atoms with Crippen LogP contribution in [0.2, 0.25) is 0 Å². The maximum absolute atomic E-state index is 12.1. The molecule has 2 heterocycles. The van der Waals surface area contributed by atoms with Gasteiger partial charge in [-0.15, -0.1) is 11.6 Å². The van der Waals surface area contributed by atoms with Gasteiger partial charge >= 0.3 is 0 Å². The van der Waals surface area contributed by atoms with E-state index in [0.717, 1.165) is 0 Å². The fourth-order valence-corrected chi connectivity index (χ4v) is 1.79. The normalized spacial score (nSPS) is 11.0. The van der Waals surface area contributed by atoms with E-state index in [-0.39, 0.29) is 38.5 Å². The molecular weight excluding hydrogens is 363 g/mol. The molecule has 0 aliphatic carbocycles. The largest absolute Gasteiger partial charge is 0.503 e. The molecule has 0 unspecified atom stereocenters.